The molecule has 2 aromatic heterocycles. The van der Waals surface area contributed by atoms with E-state index in [0.717, 1.165) is 0 Å². The first-order valence-corrected chi connectivity index (χ1v) is 10.4. The zero-order valence-electron chi connectivity index (χ0n) is 21.2. The molecule has 1 fully saturated rings. The molecule has 206 valence electrons. The van der Waals surface area contributed by atoms with Crippen LogP contribution in [0.5, 0.6) is 0 Å². The van der Waals surface area contributed by atoms with Crippen molar-refractivity contribution in [3.05, 3.63) is 12.7 Å². The first kappa shape index (κ1) is 63.5. The third-order valence-electron chi connectivity index (χ3n) is 3.75. The zero-order valence-corrected chi connectivity index (χ0v) is 30.9. The number of hydrogen-bond acceptors (Lipinski definition) is 13. The number of imidazole rings is 1. The molecule has 27 heteroatoms. The zero-order chi connectivity index (χ0) is 19.8. The van der Waals surface area contributed by atoms with E-state index in [1.807, 2.05) is 0 Å². The predicted octanol–water partition coefficient (Wildman–Crippen LogP) is -20.5. The molecule has 0 radical (unpaired) electrons. The number of phosphoric acid groups is 2. The van der Waals surface area contributed by atoms with Crippen molar-refractivity contribution < 1.29 is 199 Å². The van der Waals surface area contributed by atoms with Crippen LogP contribution in [0.2, 0.25) is 0 Å². The molecule has 1 saturated heterocycles. The maximum atomic E-state index is 11.0. The molecule has 15 N–H and O–H groups in total. The average Bonchev–Trinajstić information content (AvgIpc) is 3.14. The minimum absolute atomic E-state index is 0. The molecular weight excluding hydrogens is 612 g/mol. The fourth-order valence-corrected chi connectivity index (χ4v) is 3.59. The summed E-state index contributed by atoms with van der Waals surface area (Å²) in [6.45, 7) is -0.811. The van der Waals surface area contributed by atoms with Gasteiger partial charge in [0.2, 0.25) is 0 Å². The number of nitrogens with one attached hydrogen (secondary N) is 1. The van der Waals surface area contributed by atoms with Gasteiger partial charge in [-0.3, -0.25) is 4.57 Å². The second-order valence-corrected chi connectivity index (χ2v) is 7.75. The van der Waals surface area contributed by atoms with Crippen molar-refractivity contribution in [1.82, 2.24) is 19.5 Å². The Kier molecular flexibility index (Phi) is 44.9. The van der Waals surface area contributed by atoms with E-state index in [-0.39, 0.29) is 163 Å². The Balaban J connectivity index is -0.000000109. The van der Waals surface area contributed by atoms with Crippen LogP contribution < -0.4 is 143 Å². The van der Waals surface area contributed by atoms with Gasteiger partial charge in [-0.15, -0.1) is 0 Å². The molecule has 0 amide bonds. The average molecular weight is 639 g/mol. The van der Waals surface area contributed by atoms with Crippen LogP contribution in [0.25, 0.3) is 11.2 Å². The van der Waals surface area contributed by atoms with E-state index in [4.69, 9.17) is 4.74 Å². The third kappa shape index (κ3) is 18.0. The molecule has 2 aromatic rings. The van der Waals surface area contributed by atoms with E-state index in [1.54, 1.807) is 7.05 Å². The fourth-order valence-electron chi connectivity index (χ4n) is 2.71. The van der Waals surface area contributed by atoms with Crippen LogP contribution in [-0.2, 0) is 22.9 Å². The Morgan fingerprint density at radius 3 is 1.92 bits per heavy atom. The number of fused-ring (bicyclic) bond motifs is 1. The first-order valence-electron chi connectivity index (χ1n) is 7.45. The summed E-state index contributed by atoms with van der Waals surface area (Å²) in [7, 11) is -9.10. The largest absolute Gasteiger partial charge is 1.00 e. The molecule has 3 rings (SSSR count). The Hall–Kier alpha value is 2.25. The van der Waals surface area contributed by atoms with Gasteiger partial charge < -0.3 is 86.1 Å². The summed E-state index contributed by atoms with van der Waals surface area (Å²) < 4.78 is 37.2. The van der Waals surface area contributed by atoms with Gasteiger partial charge in [0, 0.05) is 13.5 Å². The molecule has 1 aliphatic rings. The summed E-state index contributed by atoms with van der Waals surface area (Å²) in [4.78, 5) is 55.5. The summed E-state index contributed by atoms with van der Waals surface area (Å²) >= 11 is 0. The first-order chi connectivity index (χ1) is 12.6. The number of nitrogens with zero attached hydrogens (tertiary/aromatic N) is 4. The summed E-state index contributed by atoms with van der Waals surface area (Å²) in [5.41, 5.74) is 0.744. The van der Waals surface area contributed by atoms with Gasteiger partial charge in [-0.25, -0.2) is 15.0 Å². The van der Waals surface area contributed by atoms with E-state index in [9.17, 15) is 28.7 Å². The minimum Gasteiger partial charge on any atom is -0.790 e. The second-order valence-electron chi connectivity index (χ2n) is 5.50. The maximum absolute atomic E-state index is 11.0. The smallest absolute Gasteiger partial charge is 0.790 e. The van der Waals surface area contributed by atoms with E-state index in [2.05, 4.69) is 29.3 Å². The molecule has 38 heavy (non-hydrogen) atoms. The second kappa shape index (κ2) is 26.8. The standard InChI is InChI=1S/C11H17N5O9P2.4Na.7H2O/c1-12-10-9-11(14-4-13-10)16(5-15-9)8-2-6(25-27(20,21)22)7(24-8)3-23-26(17,18)19;;;;;;;;;;;/h4-8H,2-3H2,1H3,(H,12,13,14)(H2,17,18,19)(H2,20,21,22);;;;;7*1H2/q;4*+1;;;;;;;/p-4/t6-,7+,8+;;;;;;;;;;;/m0.........../s1. The van der Waals surface area contributed by atoms with Crippen LogP contribution in [0.4, 0.5) is 5.82 Å². The number of phosphoric ester groups is 2. The SMILES string of the molecule is CNc1ncnc2c1ncn2[C@H]1C[C@H](OP(=O)([O-])[O-])[C@@H](COP(=O)([O-])[O-])O1.O.O.O.O.O.O.O.[Na+].[Na+].[Na+].[Na+]. The van der Waals surface area contributed by atoms with Crippen molar-refractivity contribution in [1.29, 1.82) is 0 Å². The number of anilines is 1. The quantitative estimate of drug-likeness (QED) is 0.217. The number of hydrogen-bond donors (Lipinski definition) is 1. The molecule has 0 bridgehead atoms. The Morgan fingerprint density at radius 1 is 0.947 bits per heavy atom. The van der Waals surface area contributed by atoms with Gasteiger partial charge >= 0.3 is 118 Å². The molecule has 1 aliphatic heterocycles. The van der Waals surface area contributed by atoms with Gasteiger partial charge in [-0.1, -0.05) is 0 Å². The van der Waals surface area contributed by atoms with Crippen LogP contribution in [0, 0.1) is 0 Å². The molecule has 3 heterocycles. The van der Waals surface area contributed by atoms with Crippen molar-refractivity contribution in [3.8, 4) is 0 Å². The van der Waals surface area contributed by atoms with Crippen molar-refractivity contribution in [2.24, 2.45) is 0 Å². The Bertz CT molecular complexity index is 938. The summed E-state index contributed by atoms with van der Waals surface area (Å²) in [5, 5.41) is 2.83. The molecule has 0 aliphatic carbocycles. The van der Waals surface area contributed by atoms with E-state index in [1.165, 1.54) is 17.2 Å². The third-order valence-corrected chi connectivity index (χ3v) is 4.74. The summed E-state index contributed by atoms with van der Waals surface area (Å²) in [5.74, 6) is 0.437. The van der Waals surface area contributed by atoms with Crippen LogP contribution in [0.3, 0.4) is 0 Å². The summed E-state index contributed by atoms with van der Waals surface area (Å²) in [6, 6.07) is 0. The molecule has 21 nitrogen and oxygen atoms in total. The van der Waals surface area contributed by atoms with Crippen LogP contribution >= 0.6 is 15.6 Å². The van der Waals surface area contributed by atoms with E-state index in [0.29, 0.717) is 17.0 Å². The van der Waals surface area contributed by atoms with Gasteiger partial charge in [0.25, 0.3) is 0 Å². The van der Waals surface area contributed by atoms with Gasteiger partial charge in [-0.2, -0.15) is 0 Å². The maximum Gasteiger partial charge on any atom is 1.00 e. The topological polar surface area (TPSA) is 430 Å². The number of rotatable bonds is 7. The molecule has 0 unspecified atom stereocenters. The van der Waals surface area contributed by atoms with Gasteiger partial charge in [0.05, 0.1) is 34.7 Å². The van der Waals surface area contributed by atoms with E-state index >= 15 is 0 Å². The van der Waals surface area contributed by atoms with Crippen molar-refractivity contribution in [2.75, 3.05) is 19.0 Å². The minimum atomic E-state index is -5.40. The Morgan fingerprint density at radius 2 is 1.47 bits per heavy atom. The van der Waals surface area contributed by atoms with Gasteiger partial charge in [0.1, 0.15) is 24.2 Å². The van der Waals surface area contributed by atoms with Crippen molar-refractivity contribution in [2.45, 2.75) is 24.9 Å². The Labute approximate surface area is 304 Å². The summed E-state index contributed by atoms with van der Waals surface area (Å²) in [6.07, 6.45) is -1.10. The van der Waals surface area contributed by atoms with Crippen molar-refractivity contribution in [3.63, 3.8) is 0 Å². The number of ether oxygens (including phenoxy) is 1. The van der Waals surface area contributed by atoms with Crippen LogP contribution in [0.15, 0.2) is 12.7 Å². The van der Waals surface area contributed by atoms with Crippen molar-refractivity contribution >= 4 is 32.6 Å². The monoisotopic (exact) mass is 639 g/mol. The molecular formula is C11H27N5Na4O16P2. The predicted molar refractivity (Wildman–Crippen MR) is 105 cm³/mol. The van der Waals surface area contributed by atoms with Crippen LogP contribution in [0.1, 0.15) is 12.6 Å². The normalized spacial score (nSPS) is 16.9. The molecule has 0 saturated carbocycles. The number of aromatic nitrogens is 4. The molecule has 3 atom stereocenters. The van der Waals surface area contributed by atoms with Gasteiger partial charge in [0.15, 0.2) is 11.5 Å². The molecule has 0 aromatic carbocycles. The van der Waals surface area contributed by atoms with E-state index < -0.39 is 40.7 Å². The van der Waals surface area contributed by atoms with Gasteiger partial charge in [-0.05, 0) is 0 Å². The molecule has 0 spiro atoms. The fraction of sp³-hybridized carbons (Fsp3) is 0.545. The van der Waals surface area contributed by atoms with Crippen LogP contribution in [-0.4, -0.2) is 83.7 Å².